The SMILES string of the molecule is Cc1ccnc(N2CCCC(C(=O)NCCCN(C)C3CCCCC3)C2)n1. The van der Waals surface area contributed by atoms with Crippen molar-refractivity contribution in [2.45, 2.75) is 64.3 Å². The Morgan fingerprint density at radius 1 is 1.26 bits per heavy atom. The van der Waals surface area contributed by atoms with Gasteiger partial charge in [0.25, 0.3) is 0 Å². The van der Waals surface area contributed by atoms with Crippen LogP contribution in [0.5, 0.6) is 0 Å². The first-order valence-electron chi connectivity index (χ1n) is 10.7. The van der Waals surface area contributed by atoms with Crippen molar-refractivity contribution in [2.75, 3.05) is 38.1 Å². The molecule has 150 valence electrons. The lowest BCUT2D eigenvalue weighted by atomic mass is 9.94. The third-order valence-corrected chi connectivity index (χ3v) is 6.04. The molecule has 1 amide bonds. The molecule has 1 N–H and O–H groups in total. The van der Waals surface area contributed by atoms with Crippen molar-refractivity contribution in [1.29, 1.82) is 0 Å². The highest BCUT2D eigenvalue weighted by atomic mass is 16.1. The molecule has 0 bridgehead atoms. The van der Waals surface area contributed by atoms with Gasteiger partial charge in [-0.15, -0.1) is 0 Å². The van der Waals surface area contributed by atoms with Gasteiger partial charge in [-0.3, -0.25) is 4.79 Å². The summed E-state index contributed by atoms with van der Waals surface area (Å²) in [5, 5.41) is 3.16. The van der Waals surface area contributed by atoms with E-state index in [2.05, 4.69) is 32.1 Å². The molecule has 1 aliphatic carbocycles. The number of aryl methyl sites for hydroxylation is 1. The van der Waals surface area contributed by atoms with Crippen molar-refractivity contribution in [1.82, 2.24) is 20.2 Å². The van der Waals surface area contributed by atoms with Gasteiger partial charge in [0.1, 0.15) is 0 Å². The number of anilines is 1. The molecule has 1 atom stereocenters. The molecule has 6 heteroatoms. The minimum atomic E-state index is 0.0407. The molecule has 2 heterocycles. The van der Waals surface area contributed by atoms with Gasteiger partial charge >= 0.3 is 0 Å². The third kappa shape index (κ3) is 5.89. The van der Waals surface area contributed by atoms with Crippen molar-refractivity contribution in [3.8, 4) is 0 Å². The second-order valence-corrected chi connectivity index (χ2v) is 8.20. The number of carbonyl (C=O) groups is 1. The summed E-state index contributed by atoms with van der Waals surface area (Å²) in [7, 11) is 2.23. The molecule has 1 aromatic heterocycles. The van der Waals surface area contributed by atoms with Gasteiger partial charge in [-0.1, -0.05) is 19.3 Å². The fraction of sp³-hybridized carbons (Fsp3) is 0.762. The number of piperidine rings is 1. The van der Waals surface area contributed by atoms with Crippen LogP contribution in [0.2, 0.25) is 0 Å². The Morgan fingerprint density at radius 3 is 2.85 bits per heavy atom. The van der Waals surface area contributed by atoms with Gasteiger partial charge in [-0.2, -0.15) is 0 Å². The number of aromatic nitrogens is 2. The van der Waals surface area contributed by atoms with Crippen molar-refractivity contribution in [3.05, 3.63) is 18.0 Å². The summed E-state index contributed by atoms with van der Waals surface area (Å²) in [4.78, 5) is 26.1. The van der Waals surface area contributed by atoms with Crippen LogP contribution >= 0.6 is 0 Å². The molecule has 3 rings (SSSR count). The fourth-order valence-electron chi connectivity index (χ4n) is 4.35. The van der Waals surface area contributed by atoms with Gasteiger partial charge in [-0.05, 0) is 58.7 Å². The van der Waals surface area contributed by atoms with Crippen molar-refractivity contribution in [2.24, 2.45) is 5.92 Å². The van der Waals surface area contributed by atoms with E-state index in [1.807, 2.05) is 13.0 Å². The Hall–Kier alpha value is -1.69. The minimum absolute atomic E-state index is 0.0407. The molecule has 1 unspecified atom stereocenters. The Balaban J connectivity index is 1.38. The summed E-state index contributed by atoms with van der Waals surface area (Å²) < 4.78 is 0. The fourth-order valence-corrected chi connectivity index (χ4v) is 4.35. The van der Waals surface area contributed by atoms with E-state index >= 15 is 0 Å². The highest BCUT2D eigenvalue weighted by Crippen LogP contribution is 2.22. The van der Waals surface area contributed by atoms with Crippen LogP contribution in [0.3, 0.4) is 0 Å². The summed E-state index contributed by atoms with van der Waals surface area (Å²) in [6.07, 6.45) is 11.6. The molecular weight excluding hydrogens is 338 g/mol. The number of hydrogen-bond donors (Lipinski definition) is 1. The van der Waals surface area contributed by atoms with E-state index in [0.29, 0.717) is 0 Å². The quantitative estimate of drug-likeness (QED) is 0.745. The van der Waals surface area contributed by atoms with Crippen molar-refractivity contribution >= 4 is 11.9 Å². The number of nitrogens with zero attached hydrogens (tertiary/aromatic N) is 4. The molecule has 1 aliphatic heterocycles. The van der Waals surface area contributed by atoms with Gasteiger partial charge in [0.05, 0.1) is 5.92 Å². The second kappa shape index (κ2) is 10.0. The van der Waals surface area contributed by atoms with Gasteiger partial charge in [0.15, 0.2) is 0 Å². The molecule has 2 fully saturated rings. The van der Waals surface area contributed by atoms with E-state index in [1.165, 1.54) is 32.1 Å². The number of nitrogens with one attached hydrogen (secondary N) is 1. The molecule has 1 aromatic rings. The van der Waals surface area contributed by atoms with Gasteiger partial charge < -0.3 is 15.1 Å². The Labute approximate surface area is 163 Å². The van der Waals surface area contributed by atoms with Crippen molar-refractivity contribution < 1.29 is 4.79 Å². The maximum Gasteiger partial charge on any atom is 0.225 e. The van der Waals surface area contributed by atoms with Gasteiger partial charge in [0, 0.05) is 37.6 Å². The van der Waals surface area contributed by atoms with Crippen LogP contribution in [0, 0.1) is 12.8 Å². The molecule has 2 aliphatic rings. The number of rotatable bonds is 7. The standard InChI is InChI=1S/C21H35N5O/c1-17-11-13-23-21(24-17)26-15-6-8-18(16-26)20(27)22-12-7-14-25(2)19-9-4-3-5-10-19/h11,13,18-19H,3-10,12,14-16H2,1-2H3,(H,22,27). The average molecular weight is 374 g/mol. The lowest BCUT2D eigenvalue weighted by Gasteiger charge is -2.32. The number of amides is 1. The van der Waals surface area contributed by atoms with E-state index in [9.17, 15) is 4.79 Å². The lowest BCUT2D eigenvalue weighted by Crippen LogP contribution is -2.44. The zero-order chi connectivity index (χ0) is 19.1. The zero-order valence-electron chi connectivity index (χ0n) is 17.0. The third-order valence-electron chi connectivity index (χ3n) is 6.04. The molecule has 1 saturated heterocycles. The Morgan fingerprint density at radius 2 is 2.07 bits per heavy atom. The maximum atomic E-state index is 12.6. The normalized spacial score (nSPS) is 21.4. The zero-order valence-corrected chi connectivity index (χ0v) is 17.0. The van der Waals surface area contributed by atoms with E-state index in [4.69, 9.17) is 0 Å². The summed E-state index contributed by atoms with van der Waals surface area (Å²) in [5.41, 5.74) is 0.966. The molecule has 0 radical (unpaired) electrons. The van der Waals surface area contributed by atoms with E-state index in [1.54, 1.807) is 6.20 Å². The summed E-state index contributed by atoms with van der Waals surface area (Å²) >= 11 is 0. The molecule has 0 spiro atoms. The summed E-state index contributed by atoms with van der Waals surface area (Å²) in [6, 6.07) is 2.65. The smallest absolute Gasteiger partial charge is 0.225 e. The predicted octanol–water partition coefficient (Wildman–Crippen LogP) is 2.77. The van der Waals surface area contributed by atoms with Crippen molar-refractivity contribution in [3.63, 3.8) is 0 Å². The first-order valence-corrected chi connectivity index (χ1v) is 10.7. The Bertz CT molecular complexity index is 602. The second-order valence-electron chi connectivity index (χ2n) is 8.20. The van der Waals surface area contributed by atoms with Crippen LogP contribution in [-0.2, 0) is 4.79 Å². The number of hydrogen-bond acceptors (Lipinski definition) is 5. The highest BCUT2D eigenvalue weighted by molar-refractivity contribution is 5.79. The maximum absolute atomic E-state index is 12.6. The molecule has 27 heavy (non-hydrogen) atoms. The van der Waals surface area contributed by atoms with Crippen LogP contribution in [0.25, 0.3) is 0 Å². The molecular formula is C21H35N5O. The van der Waals surface area contributed by atoms with E-state index < -0.39 is 0 Å². The van der Waals surface area contributed by atoms with Gasteiger partial charge in [0.2, 0.25) is 11.9 Å². The summed E-state index contributed by atoms with van der Waals surface area (Å²) in [6.45, 7) is 5.46. The predicted molar refractivity (Wildman–Crippen MR) is 109 cm³/mol. The van der Waals surface area contributed by atoms with E-state index in [-0.39, 0.29) is 11.8 Å². The van der Waals surface area contributed by atoms with E-state index in [0.717, 1.165) is 63.1 Å². The average Bonchev–Trinajstić information content (AvgIpc) is 2.71. The summed E-state index contributed by atoms with van der Waals surface area (Å²) in [5.74, 6) is 0.980. The molecule has 0 aromatic carbocycles. The Kier molecular flexibility index (Phi) is 7.44. The van der Waals surface area contributed by atoms with Crippen LogP contribution in [0.1, 0.15) is 57.1 Å². The number of carbonyl (C=O) groups excluding carboxylic acids is 1. The largest absolute Gasteiger partial charge is 0.356 e. The molecule has 6 nitrogen and oxygen atoms in total. The molecule has 1 saturated carbocycles. The van der Waals surface area contributed by atoms with Crippen LogP contribution in [0.4, 0.5) is 5.95 Å². The topological polar surface area (TPSA) is 61.4 Å². The van der Waals surface area contributed by atoms with Gasteiger partial charge in [-0.25, -0.2) is 9.97 Å². The minimum Gasteiger partial charge on any atom is -0.356 e. The highest BCUT2D eigenvalue weighted by Gasteiger charge is 2.27. The lowest BCUT2D eigenvalue weighted by molar-refractivity contribution is -0.125. The first-order chi connectivity index (χ1) is 13.1. The monoisotopic (exact) mass is 373 g/mol. The van der Waals surface area contributed by atoms with Crippen LogP contribution < -0.4 is 10.2 Å². The first kappa shape index (κ1) is 20.1. The van der Waals surface area contributed by atoms with Crippen LogP contribution in [0.15, 0.2) is 12.3 Å². The van der Waals surface area contributed by atoms with Crippen LogP contribution in [-0.4, -0.2) is 60.0 Å².